The molecule has 0 saturated carbocycles. The van der Waals surface area contributed by atoms with Gasteiger partial charge in [-0.1, -0.05) is 12.0 Å². The standard InChI is InChI=1S/C17H15N3/c1-3-10-20-16-9-4-12(2)11-15(16)19-17(20)13-5-7-14(18)8-6-13/h1,4-9,11H,10,18H2,2H3. The van der Waals surface area contributed by atoms with E-state index < -0.39 is 0 Å². The molecule has 0 unspecified atom stereocenters. The Hall–Kier alpha value is -2.73. The van der Waals surface area contributed by atoms with E-state index in [1.165, 1.54) is 5.56 Å². The van der Waals surface area contributed by atoms with Crippen molar-refractivity contribution < 1.29 is 0 Å². The monoisotopic (exact) mass is 261 g/mol. The lowest BCUT2D eigenvalue weighted by atomic mass is 10.2. The van der Waals surface area contributed by atoms with E-state index in [0.29, 0.717) is 6.54 Å². The zero-order valence-electron chi connectivity index (χ0n) is 11.3. The number of fused-ring (bicyclic) bond motifs is 1. The number of anilines is 1. The van der Waals surface area contributed by atoms with E-state index in [0.717, 1.165) is 28.1 Å². The molecule has 0 aliphatic rings. The predicted octanol–water partition coefficient (Wildman–Crippen LogP) is 3.23. The van der Waals surface area contributed by atoms with Crippen molar-refractivity contribution in [3.8, 4) is 23.7 Å². The number of hydrogen-bond acceptors (Lipinski definition) is 2. The number of hydrogen-bond donors (Lipinski definition) is 1. The summed E-state index contributed by atoms with van der Waals surface area (Å²) < 4.78 is 2.06. The zero-order chi connectivity index (χ0) is 14.1. The van der Waals surface area contributed by atoms with E-state index in [2.05, 4.69) is 35.6 Å². The van der Waals surface area contributed by atoms with E-state index in [4.69, 9.17) is 17.1 Å². The minimum absolute atomic E-state index is 0.499. The summed E-state index contributed by atoms with van der Waals surface area (Å²) in [5, 5.41) is 0. The van der Waals surface area contributed by atoms with Crippen LogP contribution < -0.4 is 5.73 Å². The van der Waals surface area contributed by atoms with Crippen molar-refractivity contribution in [3.63, 3.8) is 0 Å². The molecule has 0 atom stereocenters. The van der Waals surface area contributed by atoms with Crippen LogP contribution in [0.15, 0.2) is 42.5 Å². The number of nitrogens with two attached hydrogens (primary N) is 1. The van der Waals surface area contributed by atoms with Crippen LogP contribution in [0, 0.1) is 19.3 Å². The number of nitrogen functional groups attached to an aromatic ring is 1. The van der Waals surface area contributed by atoms with Gasteiger partial charge in [-0.25, -0.2) is 4.98 Å². The Labute approximate surface area is 118 Å². The van der Waals surface area contributed by atoms with Gasteiger partial charge in [0.25, 0.3) is 0 Å². The Kier molecular flexibility index (Phi) is 2.92. The second-order valence-electron chi connectivity index (χ2n) is 4.84. The highest BCUT2D eigenvalue weighted by Crippen LogP contribution is 2.26. The molecule has 1 aromatic heterocycles. The van der Waals surface area contributed by atoms with Gasteiger partial charge in [0.2, 0.25) is 0 Å². The first-order valence-electron chi connectivity index (χ1n) is 6.45. The Morgan fingerprint density at radius 3 is 2.65 bits per heavy atom. The number of benzene rings is 2. The highest BCUT2D eigenvalue weighted by Gasteiger charge is 2.11. The predicted molar refractivity (Wildman–Crippen MR) is 83.2 cm³/mol. The molecule has 0 saturated heterocycles. The van der Waals surface area contributed by atoms with Crippen molar-refractivity contribution in [2.45, 2.75) is 13.5 Å². The van der Waals surface area contributed by atoms with Gasteiger partial charge in [0.15, 0.2) is 0 Å². The lowest BCUT2D eigenvalue weighted by Crippen LogP contribution is -1.98. The van der Waals surface area contributed by atoms with E-state index in [1.807, 2.05) is 24.3 Å². The fraction of sp³-hybridized carbons (Fsp3) is 0.118. The van der Waals surface area contributed by atoms with E-state index in [-0.39, 0.29) is 0 Å². The molecule has 2 N–H and O–H groups in total. The molecule has 0 fully saturated rings. The molecule has 98 valence electrons. The van der Waals surface area contributed by atoms with Gasteiger partial charge in [0.05, 0.1) is 17.6 Å². The Morgan fingerprint density at radius 1 is 1.20 bits per heavy atom. The van der Waals surface area contributed by atoms with Gasteiger partial charge in [-0.2, -0.15) is 0 Å². The quantitative estimate of drug-likeness (QED) is 0.568. The fourth-order valence-electron chi connectivity index (χ4n) is 2.34. The Balaban J connectivity index is 2.26. The Morgan fingerprint density at radius 2 is 1.95 bits per heavy atom. The third kappa shape index (κ3) is 2.02. The van der Waals surface area contributed by atoms with Gasteiger partial charge in [0, 0.05) is 11.3 Å². The maximum absolute atomic E-state index is 5.74. The normalized spacial score (nSPS) is 10.6. The van der Waals surface area contributed by atoms with Gasteiger partial charge in [-0.15, -0.1) is 6.42 Å². The van der Waals surface area contributed by atoms with Crippen LogP contribution in [0.1, 0.15) is 5.56 Å². The Bertz CT molecular complexity index is 805. The maximum Gasteiger partial charge on any atom is 0.141 e. The summed E-state index contributed by atoms with van der Waals surface area (Å²) in [7, 11) is 0. The van der Waals surface area contributed by atoms with Gasteiger partial charge in [-0.05, 0) is 48.9 Å². The zero-order valence-corrected chi connectivity index (χ0v) is 11.3. The van der Waals surface area contributed by atoms with E-state index in [9.17, 15) is 0 Å². The first-order valence-corrected chi connectivity index (χ1v) is 6.45. The number of nitrogens with zero attached hydrogens (tertiary/aromatic N) is 2. The number of rotatable bonds is 2. The molecule has 0 radical (unpaired) electrons. The summed E-state index contributed by atoms with van der Waals surface area (Å²) in [5.41, 5.74) is 10.7. The van der Waals surface area contributed by atoms with E-state index >= 15 is 0 Å². The maximum atomic E-state index is 5.74. The summed E-state index contributed by atoms with van der Waals surface area (Å²) in [5.74, 6) is 3.57. The number of aromatic nitrogens is 2. The summed E-state index contributed by atoms with van der Waals surface area (Å²) in [4.78, 5) is 4.72. The van der Waals surface area contributed by atoms with Crippen molar-refractivity contribution in [3.05, 3.63) is 48.0 Å². The van der Waals surface area contributed by atoms with Gasteiger partial charge in [0.1, 0.15) is 5.82 Å². The van der Waals surface area contributed by atoms with Crippen LogP contribution in [-0.4, -0.2) is 9.55 Å². The number of terminal acetylenes is 1. The van der Waals surface area contributed by atoms with Gasteiger partial charge >= 0.3 is 0 Å². The lowest BCUT2D eigenvalue weighted by molar-refractivity contribution is 0.882. The summed E-state index contributed by atoms with van der Waals surface area (Å²) in [6.07, 6.45) is 5.49. The largest absolute Gasteiger partial charge is 0.399 e. The van der Waals surface area contributed by atoms with Gasteiger partial charge in [-0.3, -0.25) is 0 Å². The van der Waals surface area contributed by atoms with Crippen LogP contribution in [0.25, 0.3) is 22.4 Å². The van der Waals surface area contributed by atoms with Crippen molar-refractivity contribution >= 4 is 16.7 Å². The summed E-state index contributed by atoms with van der Waals surface area (Å²) in [6, 6.07) is 13.9. The van der Waals surface area contributed by atoms with Crippen LogP contribution in [0.2, 0.25) is 0 Å². The van der Waals surface area contributed by atoms with E-state index in [1.54, 1.807) is 0 Å². The minimum atomic E-state index is 0.499. The van der Waals surface area contributed by atoms with Crippen LogP contribution in [0.5, 0.6) is 0 Å². The molecule has 3 aromatic rings. The summed E-state index contributed by atoms with van der Waals surface area (Å²) in [6.45, 7) is 2.56. The number of aryl methyl sites for hydroxylation is 1. The molecule has 3 heteroatoms. The van der Waals surface area contributed by atoms with Crippen molar-refractivity contribution in [1.29, 1.82) is 0 Å². The molecular weight excluding hydrogens is 246 g/mol. The molecule has 0 amide bonds. The topological polar surface area (TPSA) is 43.8 Å². The number of imidazole rings is 1. The molecule has 3 nitrogen and oxygen atoms in total. The van der Waals surface area contributed by atoms with Crippen LogP contribution >= 0.6 is 0 Å². The minimum Gasteiger partial charge on any atom is -0.399 e. The smallest absolute Gasteiger partial charge is 0.141 e. The molecule has 20 heavy (non-hydrogen) atoms. The first kappa shape index (κ1) is 12.3. The average molecular weight is 261 g/mol. The second kappa shape index (κ2) is 4.75. The highest BCUT2D eigenvalue weighted by atomic mass is 15.1. The molecule has 0 spiro atoms. The fourth-order valence-corrected chi connectivity index (χ4v) is 2.34. The third-order valence-electron chi connectivity index (χ3n) is 3.32. The first-order chi connectivity index (χ1) is 9.69. The third-order valence-corrected chi connectivity index (χ3v) is 3.32. The van der Waals surface area contributed by atoms with Crippen LogP contribution in [0.3, 0.4) is 0 Å². The summed E-state index contributed by atoms with van der Waals surface area (Å²) >= 11 is 0. The molecule has 3 rings (SSSR count). The van der Waals surface area contributed by atoms with Crippen molar-refractivity contribution in [1.82, 2.24) is 9.55 Å². The molecule has 0 bridgehead atoms. The van der Waals surface area contributed by atoms with Gasteiger partial charge < -0.3 is 10.3 Å². The highest BCUT2D eigenvalue weighted by molar-refractivity contribution is 5.81. The average Bonchev–Trinajstić information content (AvgIpc) is 2.78. The van der Waals surface area contributed by atoms with Crippen molar-refractivity contribution in [2.24, 2.45) is 0 Å². The molecule has 1 heterocycles. The second-order valence-corrected chi connectivity index (χ2v) is 4.84. The molecule has 2 aromatic carbocycles. The lowest BCUT2D eigenvalue weighted by Gasteiger charge is -2.06. The SMILES string of the molecule is C#CCn1c(-c2ccc(N)cc2)nc2cc(C)ccc21. The van der Waals surface area contributed by atoms with Crippen molar-refractivity contribution in [2.75, 3.05) is 5.73 Å². The molecule has 0 aliphatic heterocycles. The molecular formula is C17H15N3. The van der Waals surface area contributed by atoms with Crippen LogP contribution in [-0.2, 0) is 6.54 Å². The van der Waals surface area contributed by atoms with Crippen LogP contribution in [0.4, 0.5) is 5.69 Å². The molecule has 0 aliphatic carbocycles.